The van der Waals surface area contributed by atoms with Gasteiger partial charge in [-0.3, -0.25) is 4.99 Å². The van der Waals surface area contributed by atoms with Crippen LogP contribution in [0.2, 0.25) is 0 Å². The van der Waals surface area contributed by atoms with Gasteiger partial charge in [0.2, 0.25) is 0 Å². The van der Waals surface area contributed by atoms with Crippen LogP contribution in [0.4, 0.5) is 0 Å². The summed E-state index contributed by atoms with van der Waals surface area (Å²) >= 11 is 0. The minimum Gasteiger partial charge on any atom is -0.279 e. The summed E-state index contributed by atoms with van der Waals surface area (Å²) in [6, 6.07) is 8.20. The average Bonchev–Trinajstić information content (AvgIpc) is 2.14. The third-order valence-corrected chi connectivity index (χ3v) is 1.76. The van der Waals surface area contributed by atoms with Crippen molar-refractivity contribution in [1.29, 1.82) is 0 Å². The van der Waals surface area contributed by atoms with E-state index in [-0.39, 0.29) is 0 Å². The first-order chi connectivity index (χ1) is 6.27. The van der Waals surface area contributed by atoms with Crippen LogP contribution < -0.4 is 0 Å². The molecule has 0 saturated heterocycles. The summed E-state index contributed by atoms with van der Waals surface area (Å²) in [6.07, 6.45) is 0. The molecule has 1 aromatic rings. The number of aliphatic imine (C=N–C) groups is 1. The molecular formula is C12H13N. The predicted molar refractivity (Wildman–Crippen MR) is 57.1 cm³/mol. The summed E-state index contributed by atoms with van der Waals surface area (Å²) in [5, 5.41) is 0. The lowest BCUT2D eigenvalue weighted by Gasteiger charge is -1.99. The van der Waals surface area contributed by atoms with Gasteiger partial charge in [-0.25, -0.2) is 0 Å². The van der Waals surface area contributed by atoms with E-state index in [9.17, 15) is 0 Å². The van der Waals surface area contributed by atoms with Gasteiger partial charge in [-0.1, -0.05) is 29.7 Å². The lowest BCUT2D eigenvalue weighted by atomic mass is 10.1. The second-order valence-corrected chi connectivity index (χ2v) is 2.82. The van der Waals surface area contributed by atoms with E-state index in [1.807, 2.05) is 19.1 Å². The SMILES string of the molecule is CC#CC(=NC)c1cccc(C)c1. The van der Waals surface area contributed by atoms with Crippen LogP contribution in [0.5, 0.6) is 0 Å². The van der Waals surface area contributed by atoms with Gasteiger partial charge in [0.05, 0.1) is 0 Å². The Balaban J connectivity index is 3.11. The van der Waals surface area contributed by atoms with E-state index in [0.29, 0.717) is 0 Å². The first-order valence-electron chi connectivity index (χ1n) is 4.24. The molecule has 0 spiro atoms. The van der Waals surface area contributed by atoms with E-state index >= 15 is 0 Å². The molecule has 0 radical (unpaired) electrons. The fourth-order valence-electron chi connectivity index (χ4n) is 1.17. The monoisotopic (exact) mass is 171 g/mol. The highest BCUT2D eigenvalue weighted by Gasteiger charge is 1.97. The topological polar surface area (TPSA) is 12.4 Å². The molecule has 0 saturated carbocycles. The molecule has 0 aromatic heterocycles. The molecular weight excluding hydrogens is 158 g/mol. The lowest BCUT2D eigenvalue weighted by molar-refractivity contribution is 1.41. The number of benzene rings is 1. The number of aryl methyl sites for hydroxylation is 1. The Labute approximate surface area is 79.5 Å². The van der Waals surface area contributed by atoms with Crippen molar-refractivity contribution in [2.75, 3.05) is 7.05 Å². The van der Waals surface area contributed by atoms with Crippen molar-refractivity contribution < 1.29 is 0 Å². The first kappa shape index (κ1) is 9.54. The van der Waals surface area contributed by atoms with Crippen LogP contribution in [-0.2, 0) is 0 Å². The zero-order valence-electron chi connectivity index (χ0n) is 8.26. The highest BCUT2D eigenvalue weighted by atomic mass is 14.7. The van der Waals surface area contributed by atoms with Gasteiger partial charge in [-0.15, -0.1) is 0 Å². The molecule has 1 rings (SSSR count). The Kier molecular flexibility index (Phi) is 3.28. The van der Waals surface area contributed by atoms with Crippen molar-refractivity contribution in [2.45, 2.75) is 13.8 Å². The van der Waals surface area contributed by atoms with Crippen LogP contribution in [0.3, 0.4) is 0 Å². The van der Waals surface area contributed by atoms with Crippen molar-refractivity contribution in [3.63, 3.8) is 0 Å². The number of hydrogen-bond donors (Lipinski definition) is 0. The number of hydrogen-bond acceptors (Lipinski definition) is 1. The van der Waals surface area contributed by atoms with Crippen molar-refractivity contribution in [2.24, 2.45) is 4.99 Å². The van der Waals surface area contributed by atoms with E-state index in [1.54, 1.807) is 7.05 Å². The fourth-order valence-corrected chi connectivity index (χ4v) is 1.17. The minimum atomic E-state index is 0.853. The number of nitrogens with zero attached hydrogens (tertiary/aromatic N) is 1. The molecule has 0 amide bonds. The Morgan fingerprint density at radius 1 is 1.38 bits per heavy atom. The summed E-state index contributed by atoms with van der Waals surface area (Å²) < 4.78 is 0. The third-order valence-electron chi connectivity index (χ3n) is 1.76. The summed E-state index contributed by atoms with van der Waals surface area (Å²) in [7, 11) is 1.77. The zero-order chi connectivity index (χ0) is 9.68. The van der Waals surface area contributed by atoms with Gasteiger partial charge in [0.1, 0.15) is 5.71 Å². The van der Waals surface area contributed by atoms with E-state index in [1.165, 1.54) is 5.56 Å². The molecule has 0 heterocycles. The number of rotatable bonds is 1. The first-order valence-corrected chi connectivity index (χ1v) is 4.24. The molecule has 1 heteroatoms. The molecule has 0 aliphatic carbocycles. The van der Waals surface area contributed by atoms with Gasteiger partial charge >= 0.3 is 0 Å². The maximum absolute atomic E-state index is 4.13. The highest BCUT2D eigenvalue weighted by molar-refractivity contribution is 6.12. The van der Waals surface area contributed by atoms with Crippen LogP contribution in [0.25, 0.3) is 0 Å². The van der Waals surface area contributed by atoms with Crippen molar-refractivity contribution in [3.05, 3.63) is 35.4 Å². The van der Waals surface area contributed by atoms with Crippen LogP contribution in [-0.4, -0.2) is 12.8 Å². The maximum Gasteiger partial charge on any atom is 0.114 e. The third kappa shape index (κ3) is 2.45. The largest absolute Gasteiger partial charge is 0.279 e. The maximum atomic E-state index is 4.13. The van der Waals surface area contributed by atoms with E-state index in [4.69, 9.17) is 0 Å². The van der Waals surface area contributed by atoms with Gasteiger partial charge in [0.25, 0.3) is 0 Å². The molecule has 0 bridgehead atoms. The molecule has 66 valence electrons. The molecule has 1 aromatic carbocycles. The van der Waals surface area contributed by atoms with E-state index < -0.39 is 0 Å². The minimum absolute atomic E-state index is 0.853. The summed E-state index contributed by atoms with van der Waals surface area (Å²) in [5.74, 6) is 5.83. The van der Waals surface area contributed by atoms with Crippen LogP contribution >= 0.6 is 0 Å². The highest BCUT2D eigenvalue weighted by Crippen LogP contribution is 2.04. The summed E-state index contributed by atoms with van der Waals surface area (Å²) in [5.41, 5.74) is 3.18. The predicted octanol–water partition coefficient (Wildman–Crippen LogP) is 2.44. The Morgan fingerprint density at radius 3 is 2.69 bits per heavy atom. The molecule has 0 N–H and O–H groups in total. The molecule has 0 fully saturated rings. The van der Waals surface area contributed by atoms with Gasteiger partial charge in [-0.2, -0.15) is 0 Å². The van der Waals surface area contributed by atoms with Crippen molar-refractivity contribution in [1.82, 2.24) is 0 Å². The zero-order valence-corrected chi connectivity index (χ0v) is 8.26. The Hall–Kier alpha value is -1.55. The fraction of sp³-hybridized carbons (Fsp3) is 0.250. The molecule has 0 unspecified atom stereocenters. The van der Waals surface area contributed by atoms with Gasteiger partial charge < -0.3 is 0 Å². The normalized spacial score (nSPS) is 10.5. The summed E-state index contributed by atoms with van der Waals surface area (Å²) in [4.78, 5) is 4.13. The second-order valence-electron chi connectivity index (χ2n) is 2.82. The van der Waals surface area contributed by atoms with Gasteiger partial charge in [0, 0.05) is 12.6 Å². The van der Waals surface area contributed by atoms with Gasteiger partial charge in [-0.05, 0) is 25.8 Å². The van der Waals surface area contributed by atoms with E-state index in [0.717, 1.165) is 11.3 Å². The Bertz CT molecular complexity index is 378. The lowest BCUT2D eigenvalue weighted by Crippen LogP contribution is -1.96. The molecule has 0 aliphatic rings. The van der Waals surface area contributed by atoms with Crippen molar-refractivity contribution >= 4 is 5.71 Å². The molecule has 1 nitrogen and oxygen atoms in total. The van der Waals surface area contributed by atoms with E-state index in [2.05, 4.69) is 35.9 Å². The average molecular weight is 171 g/mol. The molecule has 13 heavy (non-hydrogen) atoms. The molecule has 0 aliphatic heterocycles. The van der Waals surface area contributed by atoms with Crippen LogP contribution in [0, 0.1) is 18.8 Å². The molecule has 0 atom stereocenters. The van der Waals surface area contributed by atoms with Crippen LogP contribution in [0.15, 0.2) is 29.3 Å². The Morgan fingerprint density at radius 2 is 2.15 bits per heavy atom. The smallest absolute Gasteiger partial charge is 0.114 e. The standard InChI is InChI=1S/C12H13N/c1-4-6-12(13-3)11-8-5-7-10(2)9-11/h5,7-9H,1-3H3. The second kappa shape index (κ2) is 4.47. The van der Waals surface area contributed by atoms with Crippen molar-refractivity contribution in [3.8, 4) is 11.8 Å². The quantitative estimate of drug-likeness (QED) is 0.454. The van der Waals surface area contributed by atoms with Gasteiger partial charge in [0.15, 0.2) is 0 Å². The van der Waals surface area contributed by atoms with Crippen LogP contribution in [0.1, 0.15) is 18.1 Å². The summed E-state index contributed by atoms with van der Waals surface area (Å²) in [6.45, 7) is 3.89.